The third kappa shape index (κ3) is 7.28. The largest absolute Gasteiger partial charge is 0.463 e. The highest BCUT2D eigenvalue weighted by atomic mass is 16.5. The van der Waals surface area contributed by atoms with Crippen molar-refractivity contribution in [3.05, 3.63) is 24.3 Å². The molecule has 1 atom stereocenters. The molecule has 0 aromatic carbocycles. The third-order valence-electron chi connectivity index (χ3n) is 1.33. The Morgan fingerprint density at radius 3 is 2.85 bits per heavy atom. The predicted molar refractivity (Wildman–Crippen MR) is 51.2 cm³/mol. The van der Waals surface area contributed by atoms with E-state index in [0.717, 1.165) is 0 Å². The summed E-state index contributed by atoms with van der Waals surface area (Å²) in [7, 11) is 0. The first kappa shape index (κ1) is 11.9. The average Bonchev–Trinajstić information content (AvgIpc) is 2.05. The van der Waals surface area contributed by atoms with Crippen molar-refractivity contribution in [2.75, 3.05) is 6.61 Å². The summed E-state index contributed by atoms with van der Waals surface area (Å²) in [6.07, 6.45) is 6.27. The maximum atomic E-state index is 10.8. The average molecular weight is 184 g/mol. The molecule has 0 aliphatic heterocycles. The molecule has 0 aromatic heterocycles. The SMILES string of the molecule is CC=CC(O)CC=CC(=O)OCC. The number of esters is 1. The van der Waals surface area contributed by atoms with Gasteiger partial charge in [0.2, 0.25) is 0 Å². The maximum Gasteiger partial charge on any atom is 0.330 e. The van der Waals surface area contributed by atoms with E-state index < -0.39 is 6.10 Å². The molecule has 0 fully saturated rings. The highest BCUT2D eigenvalue weighted by Gasteiger charge is 1.96. The second-order valence-electron chi connectivity index (χ2n) is 2.48. The van der Waals surface area contributed by atoms with Crippen molar-refractivity contribution in [2.24, 2.45) is 0 Å². The van der Waals surface area contributed by atoms with E-state index in [4.69, 9.17) is 0 Å². The Kier molecular flexibility index (Phi) is 6.92. The number of ether oxygens (including phenoxy) is 1. The molecule has 0 radical (unpaired) electrons. The molecule has 0 heterocycles. The summed E-state index contributed by atoms with van der Waals surface area (Å²) >= 11 is 0. The van der Waals surface area contributed by atoms with Gasteiger partial charge in [-0.3, -0.25) is 0 Å². The Morgan fingerprint density at radius 1 is 1.62 bits per heavy atom. The van der Waals surface area contributed by atoms with E-state index in [-0.39, 0.29) is 5.97 Å². The van der Waals surface area contributed by atoms with Crippen LogP contribution in [0.1, 0.15) is 20.3 Å². The molecule has 0 saturated heterocycles. The van der Waals surface area contributed by atoms with Gasteiger partial charge in [-0.15, -0.1) is 0 Å². The third-order valence-corrected chi connectivity index (χ3v) is 1.33. The molecule has 0 amide bonds. The highest BCUT2D eigenvalue weighted by molar-refractivity contribution is 5.81. The standard InChI is InChI=1S/C10H16O3/c1-3-6-9(11)7-5-8-10(12)13-4-2/h3,5-6,8-9,11H,4,7H2,1-2H3. The Labute approximate surface area is 78.7 Å². The molecule has 74 valence electrons. The van der Waals surface area contributed by atoms with E-state index in [0.29, 0.717) is 13.0 Å². The number of aliphatic hydroxyl groups is 1. The van der Waals surface area contributed by atoms with Gasteiger partial charge in [0.15, 0.2) is 0 Å². The fourth-order valence-electron chi connectivity index (χ4n) is 0.795. The van der Waals surface area contributed by atoms with Gasteiger partial charge in [-0.1, -0.05) is 18.2 Å². The van der Waals surface area contributed by atoms with Crippen LogP contribution in [0.25, 0.3) is 0 Å². The summed E-state index contributed by atoms with van der Waals surface area (Å²) < 4.78 is 4.66. The van der Waals surface area contributed by atoms with Crippen LogP contribution in [0, 0.1) is 0 Å². The summed E-state index contributed by atoms with van der Waals surface area (Å²) in [5.74, 6) is -0.366. The molecule has 0 saturated carbocycles. The molecule has 0 bridgehead atoms. The van der Waals surface area contributed by atoms with Gasteiger partial charge < -0.3 is 9.84 Å². The van der Waals surface area contributed by atoms with Crippen molar-refractivity contribution in [2.45, 2.75) is 26.4 Å². The minimum absolute atomic E-state index is 0.366. The van der Waals surface area contributed by atoms with E-state index in [1.807, 2.05) is 6.92 Å². The monoisotopic (exact) mass is 184 g/mol. The molecular formula is C10H16O3. The van der Waals surface area contributed by atoms with E-state index >= 15 is 0 Å². The second-order valence-corrected chi connectivity index (χ2v) is 2.48. The zero-order chi connectivity index (χ0) is 10.1. The topological polar surface area (TPSA) is 46.5 Å². The van der Waals surface area contributed by atoms with Gasteiger partial charge in [0.1, 0.15) is 0 Å². The van der Waals surface area contributed by atoms with Crippen LogP contribution in [0.3, 0.4) is 0 Å². The van der Waals surface area contributed by atoms with Crippen molar-refractivity contribution >= 4 is 5.97 Å². The minimum Gasteiger partial charge on any atom is -0.463 e. The maximum absolute atomic E-state index is 10.8. The van der Waals surface area contributed by atoms with Crippen LogP contribution in [0.5, 0.6) is 0 Å². The van der Waals surface area contributed by atoms with Crippen LogP contribution in [-0.2, 0) is 9.53 Å². The Hall–Kier alpha value is -1.09. The van der Waals surface area contributed by atoms with E-state index in [1.165, 1.54) is 6.08 Å². The first-order valence-electron chi connectivity index (χ1n) is 4.34. The van der Waals surface area contributed by atoms with Gasteiger partial charge in [-0.25, -0.2) is 4.79 Å². The lowest BCUT2D eigenvalue weighted by molar-refractivity contribution is -0.137. The van der Waals surface area contributed by atoms with Crippen molar-refractivity contribution in [3.63, 3.8) is 0 Å². The molecule has 3 nitrogen and oxygen atoms in total. The molecule has 13 heavy (non-hydrogen) atoms. The molecule has 0 rings (SSSR count). The molecule has 0 aliphatic rings. The van der Waals surface area contributed by atoms with Crippen LogP contribution in [0.4, 0.5) is 0 Å². The van der Waals surface area contributed by atoms with E-state index in [9.17, 15) is 9.90 Å². The number of allylic oxidation sites excluding steroid dienone is 1. The lowest BCUT2D eigenvalue weighted by Gasteiger charge is -1.99. The van der Waals surface area contributed by atoms with Gasteiger partial charge in [0, 0.05) is 6.08 Å². The van der Waals surface area contributed by atoms with Crippen molar-refractivity contribution in [1.29, 1.82) is 0 Å². The van der Waals surface area contributed by atoms with Crippen molar-refractivity contribution in [1.82, 2.24) is 0 Å². The predicted octanol–water partition coefficient (Wildman–Crippen LogP) is 1.43. The van der Waals surface area contributed by atoms with Gasteiger partial charge >= 0.3 is 5.97 Å². The zero-order valence-electron chi connectivity index (χ0n) is 8.06. The van der Waals surface area contributed by atoms with Crippen molar-refractivity contribution < 1.29 is 14.6 Å². The quantitative estimate of drug-likeness (QED) is 0.399. The van der Waals surface area contributed by atoms with Crippen LogP contribution in [-0.4, -0.2) is 23.8 Å². The lowest BCUT2D eigenvalue weighted by atomic mass is 10.2. The lowest BCUT2D eigenvalue weighted by Crippen LogP contribution is -2.02. The van der Waals surface area contributed by atoms with E-state index in [1.54, 1.807) is 25.2 Å². The van der Waals surface area contributed by atoms with Gasteiger partial charge in [-0.05, 0) is 20.3 Å². The molecule has 1 N–H and O–H groups in total. The molecule has 0 aromatic rings. The fourth-order valence-corrected chi connectivity index (χ4v) is 0.795. The molecular weight excluding hydrogens is 168 g/mol. The highest BCUT2D eigenvalue weighted by Crippen LogP contribution is 1.95. The zero-order valence-corrected chi connectivity index (χ0v) is 8.06. The van der Waals surface area contributed by atoms with Gasteiger partial charge in [-0.2, -0.15) is 0 Å². The molecule has 0 aliphatic carbocycles. The summed E-state index contributed by atoms with van der Waals surface area (Å²) in [5.41, 5.74) is 0. The number of carbonyl (C=O) groups is 1. The molecule has 3 heteroatoms. The molecule has 0 spiro atoms. The first-order chi connectivity index (χ1) is 6.20. The fraction of sp³-hybridized carbons (Fsp3) is 0.500. The number of rotatable bonds is 5. The summed E-state index contributed by atoms with van der Waals surface area (Å²) in [6.45, 7) is 3.96. The molecule has 1 unspecified atom stereocenters. The smallest absolute Gasteiger partial charge is 0.330 e. The van der Waals surface area contributed by atoms with E-state index in [2.05, 4.69) is 4.74 Å². The van der Waals surface area contributed by atoms with Crippen LogP contribution < -0.4 is 0 Å². The van der Waals surface area contributed by atoms with Crippen LogP contribution in [0.2, 0.25) is 0 Å². The normalized spacial score (nSPS) is 13.8. The van der Waals surface area contributed by atoms with Gasteiger partial charge in [0.05, 0.1) is 12.7 Å². The minimum atomic E-state index is -0.518. The Morgan fingerprint density at radius 2 is 2.31 bits per heavy atom. The van der Waals surface area contributed by atoms with Crippen molar-refractivity contribution in [3.8, 4) is 0 Å². The number of hydrogen-bond donors (Lipinski definition) is 1. The first-order valence-corrected chi connectivity index (χ1v) is 4.34. The number of aliphatic hydroxyl groups excluding tert-OH is 1. The van der Waals surface area contributed by atoms with Crippen LogP contribution in [0.15, 0.2) is 24.3 Å². The number of hydrogen-bond acceptors (Lipinski definition) is 3. The second kappa shape index (κ2) is 7.55. The summed E-state index contributed by atoms with van der Waals surface area (Å²) in [6, 6.07) is 0. The van der Waals surface area contributed by atoms with Crippen LogP contribution >= 0.6 is 0 Å². The summed E-state index contributed by atoms with van der Waals surface area (Å²) in [5, 5.41) is 9.20. The number of carbonyl (C=O) groups excluding carboxylic acids is 1. The van der Waals surface area contributed by atoms with Gasteiger partial charge in [0.25, 0.3) is 0 Å². The Balaban J connectivity index is 3.67. The summed E-state index contributed by atoms with van der Waals surface area (Å²) in [4.78, 5) is 10.8. The Bertz CT molecular complexity index is 194.